The molecule has 0 heterocycles. The van der Waals surface area contributed by atoms with Gasteiger partial charge in [0, 0.05) is 0 Å². The molecule has 0 bridgehead atoms. The van der Waals surface area contributed by atoms with Crippen molar-refractivity contribution in [3.8, 4) is 12.3 Å². The zero-order valence-corrected chi connectivity index (χ0v) is 7.44. The van der Waals surface area contributed by atoms with E-state index < -0.39 is 11.7 Å². The van der Waals surface area contributed by atoms with Crippen LogP contribution in [0.2, 0.25) is 0 Å². The average Bonchev–Trinajstić information content (AvgIpc) is 2.18. The van der Waals surface area contributed by atoms with Crippen LogP contribution in [0.4, 0.5) is 0 Å². The second-order valence-electron chi connectivity index (χ2n) is 3.11. The summed E-state index contributed by atoms with van der Waals surface area (Å²) < 4.78 is 0. The van der Waals surface area contributed by atoms with Crippen LogP contribution < -0.4 is 0 Å². The molecule has 2 N–H and O–H groups in total. The van der Waals surface area contributed by atoms with Gasteiger partial charge in [0.2, 0.25) is 0 Å². The van der Waals surface area contributed by atoms with E-state index in [1.54, 1.807) is 24.3 Å². The van der Waals surface area contributed by atoms with Gasteiger partial charge in [-0.25, -0.2) is 0 Å². The third-order valence-electron chi connectivity index (χ3n) is 1.94. The fourth-order valence-electron chi connectivity index (χ4n) is 1.04. The van der Waals surface area contributed by atoms with Crippen LogP contribution in [-0.2, 0) is 0 Å². The first kappa shape index (κ1) is 9.79. The lowest BCUT2D eigenvalue weighted by molar-refractivity contribution is -0.0204. The standard InChI is InChI=1S/C11H12O2/c1-3-11(2,13)10(12)9-7-5-4-6-8-9/h1,4-8,10,12-13H,2H3. The third-order valence-corrected chi connectivity index (χ3v) is 1.94. The van der Waals surface area contributed by atoms with Crippen molar-refractivity contribution in [2.24, 2.45) is 0 Å². The molecule has 2 heteroatoms. The summed E-state index contributed by atoms with van der Waals surface area (Å²) in [6, 6.07) is 8.84. The van der Waals surface area contributed by atoms with Crippen LogP contribution in [0.5, 0.6) is 0 Å². The van der Waals surface area contributed by atoms with E-state index in [0.717, 1.165) is 0 Å². The molecule has 2 atom stereocenters. The SMILES string of the molecule is C#CC(C)(O)C(O)c1ccccc1. The largest absolute Gasteiger partial charge is 0.384 e. The summed E-state index contributed by atoms with van der Waals surface area (Å²) in [5.41, 5.74) is -0.896. The van der Waals surface area contributed by atoms with E-state index in [-0.39, 0.29) is 0 Å². The first-order valence-electron chi connectivity index (χ1n) is 4.01. The predicted molar refractivity (Wildman–Crippen MR) is 50.9 cm³/mol. The minimum Gasteiger partial charge on any atom is -0.384 e. The Balaban J connectivity index is 2.94. The Hall–Kier alpha value is -1.30. The van der Waals surface area contributed by atoms with Crippen LogP contribution >= 0.6 is 0 Å². The Bertz CT molecular complexity index is 309. The average molecular weight is 176 g/mol. The second kappa shape index (κ2) is 3.61. The van der Waals surface area contributed by atoms with Crippen LogP contribution in [0.15, 0.2) is 30.3 Å². The Morgan fingerprint density at radius 1 is 1.38 bits per heavy atom. The van der Waals surface area contributed by atoms with Crippen LogP contribution in [0.3, 0.4) is 0 Å². The summed E-state index contributed by atoms with van der Waals surface area (Å²) in [6.07, 6.45) is 4.04. The molecule has 0 saturated heterocycles. The van der Waals surface area contributed by atoms with Gasteiger partial charge in [0.15, 0.2) is 5.60 Å². The highest BCUT2D eigenvalue weighted by molar-refractivity contribution is 5.24. The highest BCUT2D eigenvalue weighted by Gasteiger charge is 2.28. The molecular weight excluding hydrogens is 164 g/mol. The lowest BCUT2D eigenvalue weighted by Crippen LogP contribution is -2.30. The summed E-state index contributed by atoms with van der Waals surface area (Å²) >= 11 is 0. The summed E-state index contributed by atoms with van der Waals surface area (Å²) in [5.74, 6) is 2.15. The van der Waals surface area contributed by atoms with Crippen molar-refractivity contribution >= 4 is 0 Å². The summed E-state index contributed by atoms with van der Waals surface area (Å²) in [6.45, 7) is 1.41. The third kappa shape index (κ3) is 2.09. The zero-order chi connectivity index (χ0) is 9.90. The Morgan fingerprint density at radius 3 is 2.38 bits per heavy atom. The number of terminal acetylenes is 1. The molecule has 0 aliphatic heterocycles. The first-order chi connectivity index (χ1) is 6.08. The molecule has 0 saturated carbocycles. The van der Waals surface area contributed by atoms with Gasteiger partial charge in [0.25, 0.3) is 0 Å². The van der Waals surface area contributed by atoms with Gasteiger partial charge in [-0.15, -0.1) is 6.42 Å². The molecule has 2 unspecified atom stereocenters. The lowest BCUT2D eigenvalue weighted by Gasteiger charge is -2.23. The maximum Gasteiger partial charge on any atom is 0.152 e. The van der Waals surface area contributed by atoms with Gasteiger partial charge in [0.1, 0.15) is 6.10 Å². The maximum atomic E-state index is 9.66. The van der Waals surface area contributed by atoms with Crippen molar-refractivity contribution in [3.05, 3.63) is 35.9 Å². The topological polar surface area (TPSA) is 40.5 Å². The van der Waals surface area contributed by atoms with E-state index in [4.69, 9.17) is 6.42 Å². The zero-order valence-electron chi connectivity index (χ0n) is 7.44. The minimum atomic E-state index is -1.51. The van der Waals surface area contributed by atoms with Gasteiger partial charge in [0.05, 0.1) is 0 Å². The molecule has 1 aromatic rings. The van der Waals surface area contributed by atoms with Crippen molar-refractivity contribution in [2.45, 2.75) is 18.6 Å². The quantitative estimate of drug-likeness (QED) is 0.662. The van der Waals surface area contributed by atoms with E-state index in [9.17, 15) is 10.2 Å². The van der Waals surface area contributed by atoms with Crippen molar-refractivity contribution in [3.63, 3.8) is 0 Å². The van der Waals surface area contributed by atoms with Crippen molar-refractivity contribution in [1.29, 1.82) is 0 Å². The Labute approximate surface area is 77.8 Å². The van der Waals surface area contributed by atoms with Gasteiger partial charge in [-0.3, -0.25) is 0 Å². The second-order valence-corrected chi connectivity index (χ2v) is 3.11. The molecule has 2 nitrogen and oxygen atoms in total. The maximum absolute atomic E-state index is 9.66. The smallest absolute Gasteiger partial charge is 0.152 e. The molecular formula is C11H12O2. The molecule has 0 amide bonds. The number of hydrogen-bond acceptors (Lipinski definition) is 2. The Kier molecular flexibility index (Phi) is 2.72. The van der Waals surface area contributed by atoms with Crippen molar-refractivity contribution < 1.29 is 10.2 Å². The van der Waals surface area contributed by atoms with E-state index >= 15 is 0 Å². The number of rotatable bonds is 2. The monoisotopic (exact) mass is 176 g/mol. The minimum absolute atomic E-state index is 0.616. The molecule has 1 rings (SSSR count). The molecule has 0 radical (unpaired) electrons. The van der Waals surface area contributed by atoms with Crippen LogP contribution in [0, 0.1) is 12.3 Å². The van der Waals surface area contributed by atoms with Crippen molar-refractivity contribution in [2.75, 3.05) is 0 Å². The molecule has 68 valence electrons. The molecule has 0 aliphatic carbocycles. The Morgan fingerprint density at radius 2 is 1.92 bits per heavy atom. The van der Waals surface area contributed by atoms with E-state index in [1.807, 2.05) is 6.07 Å². The number of aliphatic hydroxyl groups excluding tert-OH is 1. The highest BCUT2D eigenvalue weighted by atomic mass is 16.3. The van der Waals surface area contributed by atoms with Gasteiger partial charge in [-0.05, 0) is 12.5 Å². The van der Waals surface area contributed by atoms with Gasteiger partial charge in [-0.1, -0.05) is 36.3 Å². The predicted octanol–water partition coefficient (Wildman–Crippen LogP) is 1.10. The normalized spacial score (nSPS) is 17.1. The van der Waals surface area contributed by atoms with Crippen LogP contribution in [0.1, 0.15) is 18.6 Å². The molecule has 0 aliphatic rings. The molecule has 0 spiro atoms. The fourth-order valence-corrected chi connectivity index (χ4v) is 1.04. The number of aliphatic hydroxyl groups is 2. The van der Waals surface area contributed by atoms with Gasteiger partial charge >= 0.3 is 0 Å². The summed E-state index contributed by atoms with van der Waals surface area (Å²) in [5, 5.41) is 19.2. The van der Waals surface area contributed by atoms with E-state index in [1.165, 1.54) is 6.92 Å². The lowest BCUT2D eigenvalue weighted by atomic mass is 9.94. The van der Waals surface area contributed by atoms with Gasteiger partial charge in [-0.2, -0.15) is 0 Å². The molecule has 0 aromatic heterocycles. The summed E-state index contributed by atoms with van der Waals surface area (Å²) in [7, 11) is 0. The van der Waals surface area contributed by atoms with Crippen molar-refractivity contribution in [1.82, 2.24) is 0 Å². The van der Waals surface area contributed by atoms with E-state index in [0.29, 0.717) is 5.56 Å². The number of benzene rings is 1. The fraction of sp³-hybridized carbons (Fsp3) is 0.273. The molecule has 0 fully saturated rings. The number of hydrogen-bond donors (Lipinski definition) is 2. The van der Waals surface area contributed by atoms with Gasteiger partial charge < -0.3 is 10.2 Å². The molecule has 1 aromatic carbocycles. The van der Waals surface area contributed by atoms with Crippen LogP contribution in [0.25, 0.3) is 0 Å². The summed E-state index contributed by atoms with van der Waals surface area (Å²) in [4.78, 5) is 0. The molecule has 13 heavy (non-hydrogen) atoms. The van der Waals surface area contributed by atoms with Crippen LogP contribution in [-0.4, -0.2) is 15.8 Å². The highest BCUT2D eigenvalue weighted by Crippen LogP contribution is 2.24. The first-order valence-corrected chi connectivity index (χ1v) is 4.01. The van der Waals surface area contributed by atoms with E-state index in [2.05, 4.69) is 5.92 Å².